The van der Waals surface area contributed by atoms with E-state index < -0.39 is 0 Å². The second-order valence-corrected chi connectivity index (χ2v) is 5.48. The Bertz CT molecular complexity index is 714. The Morgan fingerprint density at radius 1 is 1.30 bits per heavy atom. The van der Waals surface area contributed by atoms with Gasteiger partial charge < -0.3 is 15.2 Å². The molecule has 2 N–H and O–H groups in total. The number of carbonyl (C=O) groups excluding carboxylic acids is 1. The van der Waals surface area contributed by atoms with Gasteiger partial charge in [-0.15, -0.1) is 10.2 Å². The molecule has 0 aliphatic heterocycles. The highest BCUT2D eigenvalue weighted by Gasteiger charge is 2.29. The number of nitrogens with zero attached hydrogens (tertiary/aromatic N) is 2. The van der Waals surface area contributed by atoms with E-state index in [1.807, 2.05) is 19.1 Å². The molecule has 1 aliphatic rings. The molecule has 2 aromatic rings. The highest BCUT2D eigenvalue weighted by atomic mass is 16.7. The maximum absolute atomic E-state index is 11.0. The molecule has 3 rings (SSSR count). The molecule has 0 amide bonds. The third-order valence-corrected chi connectivity index (χ3v) is 3.76. The third-order valence-electron chi connectivity index (χ3n) is 3.76. The molecule has 1 saturated carbocycles. The summed E-state index contributed by atoms with van der Waals surface area (Å²) in [5.74, 6) is 1.44. The van der Waals surface area contributed by atoms with Crippen LogP contribution in [0.3, 0.4) is 0 Å². The number of nitrogens with two attached hydrogens (primary N) is 1. The van der Waals surface area contributed by atoms with E-state index in [1.54, 1.807) is 12.1 Å². The van der Waals surface area contributed by atoms with Crippen molar-refractivity contribution in [2.24, 2.45) is 0 Å². The van der Waals surface area contributed by atoms with Crippen LogP contribution in [0.15, 0.2) is 24.3 Å². The second-order valence-electron chi connectivity index (χ2n) is 5.48. The minimum Gasteiger partial charge on any atom is -0.467 e. The van der Waals surface area contributed by atoms with Crippen LogP contribution in [0.1, 0.15) is 41.6 Å². The van der Waals surface area contributed by atoms with Crippen molar-refractivity contribution in [1.82, 2.24) is 10.2 Å². The van der Waals surface area contributed by atoms with Gasteiger partial charge in [-0.3, -0.25) is 4.79 Å². The van der Waals surface area contributed by atoms with E-state index in [2.05, 4.69) is 10.2 Å². The van der Waals surface area contributed by atoms with E-state index in [9.17, 15) is 4.79 Å². The summed E-state index contributed by atoms with van der Waals surface area (Å²) in [6, 6.07) is 7.14. The van der Waals surface area contributed by atoms with Crippen LogP contribution in [0.2, 0.25) is 0 Å². The van der Waals surface area contributed by atoms with E-state index in [0.717, 1.165) is 35.9 Å². The van der Waals surface area contributed by atoms with E-state index in [1.165, 1.54) is 0 Å². The first-order valence-electron chi connectivity index (χ1n) is 7.66. The Hall–Kier alpha value is -2.47. The third kappa shape index (κ3) is 3.48. The van der Waals surface area contributed by atoms with Gasteiger partial charge in [0.25, 0.3) is 0 Å². The number of benzene rings is 1. The van der Waals surface area contributed by atoms with Gasteiger partial charge in [0.2, 0.25) is 0 Å². The summed E-state index contributed by atoms with van der Waals surface area (Å²) in [4.78, 5) is 11.0. The Balaban J connectivity index is 2.02. The summed E-state index contributed by atoms with van der Waals surface area (Å²) >= 11 is 0. The van der Waals surface area contributed by atoms with Gasteiger partial charge in [0.05, 0.1) is 0 Å². The van der Waals surface area contributed by atoms with Gasteiger partial charge in [-0.25, -0.2) is 0 Å². The van der Waals surface area contributed by atoms with Crippen LogP contribution in [0, 0.1) is 0 Å². The predicted molar refractivity (Wildman–Crippen MR) is 86.4 cm³/mol. The molecule has 1 fully saturated rings. The SMILES string of the molecule is CCOCOc1cc(C=O)ccc1-c1nnc(N)cc1C1CC1. The van der Waals surface area contributed by atoms with Crippen LogP contribution in [-0.4, -0.2) is 29.9 Å². The zero-order valence-electron chi connectivity index (χ0n) is 13.0. The molecule has 0 atom stereocenters. The minimum atomic E-state index is 0.118. The number of rotatable bonds is 7. The molecule has 0 spiro atoms. The summed E-state index contributed by atoms with van der Waals surface area (Å²) < 4.78 is 10.9. The van der Waals surface area contributed by atoms with Gasteiger partial charge in [-0.1, -0.05) is 6.07 Å². The first-order valence-corrected chi connectivity index (χ1v) is 7.66. The smallest absolute Gasteiger partial charge is 0.189 e. The van der Waals surface area contributed by atoms with E-state index >= 15 is 0 Å². The van der Waals surface area contributed by atoms with Crippen molar-refractivity contribution in [2.75, 3.05) is 19.1 Å². The summed E-state index contributed by atoms with van der Waals surface area (Å²) in [5, 5.41) is 8.25. The largest absolute Gasteiger partial charge is 0.467 e. The molecular weight excluding hydrogens is 294 g/mol. The lowest BCUT2D eigenvalue weighted by Gasteiger charge is -2.14. The molecular formula is C17H19N3O3. The lowest BCUT2D eigenvalue weighted by molar-refractivity contribution is 0.0227. The molecule has 120 valence electrons. The number of anilines is 1. The van der Waals surface area contributed by atoms with Crippen LogP contribution in [0.25, 0.3) is 11.3 Å². The number of nitrogen functional groups attached to an aromatic ring is 1. The number of ether oxygens (including phenoxy) is 2. The lowest BCUT2D eigenvalue weighted by atomic mass is 10.0. The summed E-state index contributed by atoms with van der Waals surface area (Å²) in [6.07, 6.45) is 3.03. The molecule has 1 aromatic heterocycles. The highest BCUT2D eigenvalue weighted by Crippen LogP contribution is 2.45. The van der Waals surface area contributed by atoms with E-state index in [0.29, 0.717) is 29.7 Å². The Labute approximate surface area is 134 Å². The van der Waals surface area contributed by atoms with Crippen molar-refractivity contribution >= 4 is 12.1 Å². The first-order chi connectivity index (χ1) is 11.2. The maximum Gasteiger partial charge on any atom is 0.189 e. The lowest BCUT2D eigenvalue weighted by Crippen LogP contribution is -2.05. The molecule has 23 heavy (non-hydrogen) atoms. The van der Waals surface area contributed by atoms with Crippen LogP contribution >= 0.6 is 0 Å². The van der Waals surface area contributed by atoms with Gasteiger partial charge in [-0.2, -0.15) is 0 Å². The van der Waals surface area contributed by atoms with Crippen LogP contribution in [0.5, 0.6) is 5.75 Å². The van der Waals surface area contributed by atoms with Crippen molar-refractivity contribution in [3.63, 3.8) is 0 Å². The van der Waals surface area contributed by atoms with Crippen molar-refractivity contribution < 1.29 is 14.3 Å². The topological polar surface area (TPSA) is 87.3 Å². The number of aldehydes is 1. The van der Waals surface area contributed by atoms with Crippen molar-refractivity contribution in [1.29, 1.82) is 0 Å². The normalized spacial score (nSPS) is 13.8. The van der Waals surface area contributed by atoms with Crippen LogP contribution < -0.4 is 10.5 Å². The predicted octanol–water partition coefficient (Wildman–Crippen LogP) is 2.79. The van der Waals surface area contributed by atoms with Crippen molar-refractivity contribution in [2.45, 2.75) is 25.7 Å². The fraction of sp³-hybridized carbons (Fsp3) is 0.353. The molecule has 1 aromatic carbocycles. The molecule has 0 unspecified atom stereocenters. The van der Waals surface area contributed by atoms with Crippen molar-refractivity contribution in [3.8, 4) is 17.0 Å². The average Bonchev–Trinajstić information content (AvgIpc) is 3.40. The zero-order chi connectivity index (χ0) is 16.2. The summed E-state index contributed by atoms with van der Waals surface area (Å²) in [7, 11) is 0. The molecule has 6 nitrogen and oxygen atoms in total. The molecule has 6 heteroatoms. The maximum atomic E-state index is 11.0. The molecule has 1 aliphatic carbocycles. The fourth-order valence-corrected chi connectivity index (χ4v) is 2.45. The minimum absolute atomic E-state index is 0.118. The van der Waals surface area contributed by atoms with Gasteiger partial charge >= 0.3 is 0 Å². The van der Waals surface area contributed by atoms with E-state index in [-0.39, 0.29) is 6.79 Å². The van der Waals surface area contributed by atoms with Gasteiger partial charge in [0.1, 0.15) is 23.5 Å². The fourth-order valence-electron chi connectivity index (χ4n) is 2.45. The summed E-state index contributed by atoms with van der Waals surface area (Å²) in [5.41, 5.74) is 8.95. The quantitative estimate of drug-likeness (QED) is 0.480. The first kappa shape index (κ1) is 15.4. The highest BCUT2D eigenvalue weighted by molar-refractivity contribution is 5.80. The standard InChI is InChI=1S/C17H19N3O3/c1-2-22-10-23-15-7-11(9-21)3-6-13(15)17-14(12-4-5-12)8-16(18)19-20-17/h3,6-9,12H,2,4-5,10H2,1H3,(H2,18,19). The van der Waals surface area contributed by atoms with Gasteiger partial charge in [-0.05, 0) is 49.4 Å². The molecule has 0 bridgehead atoms. The zero-order valence-corrected chi connectivity index (χ0v) is 13.0. The van der Waals surface area contributed by atoms with Gasteiger partial charge in [0.15, 0.2) is 6.79 Å². The van der Waals surface area contributed by atoms with Crippen molar-refractivity contribution in [3.05, 3.63) is 35.4 Å². The number of carbonyl (C=O) groups is 1. The Kier molecular flexibility index (Phi) is 4.52. The van der Waals surface area contributed by atoms with Crippen LogP contribution in [-0.2, 0) is 4.74 Å². The monoisotopic (exact) mass is 313 g/mol. The molecule has 1 heterocycles. The number of aromatic nitrogens is 2. The number of hydrogen-bond acceptors (Lipinski definition) is 6. The average molecular weight is 313 g/mol. The molecule has 0 saturated heterocycles. The Morgan fingerprint density at radius 2 is 2.13 bits per heavy atom. The van der Waals surface area contributed by atoms with Crippen LogP contribution in [0.4, 0.5) is 5.82 Å². The summed E-state index contributed by atoms with van der Waals surface area (Å²) in [6.45, 7) is 2.56. The molecule has 0 radical (unpaired) electrons. The second kappa shape index (κ2) is 6.75. The Morgan fingerprint density at radius 3 is 2.83 bits per heavy atom. The van der Waals surface area contributed by atoms with E-state index in [4.69, 9.17) is 15.2 Å². The number of hydrogen-bond donors (Lipinski definition) is 1. The van der Waals surface area contributed by atoms with Gasteiger partial charge in [0, 0.05) is 17.7 Å².